The molecule has 0 spiro atoms. The maximum atomic E-state index is 13.1. The van der Waals surface area contributed by atoms with E-state index < -0.39 is 6.09 Å². The number of nitrogens with zero attached hydrogens (tertiary/aromatic N) is 2. The number of aromatic amines is 2. The van der Waals surface area contributed by atoms with Crippen molar-refractivity contribution in [2.45, 2.75) is 13.3 Å². The molecule has 0 aliphatic heterocycles. The molecule has 0 unspecified atom stereocenters. The lowest BCUT2D eigenvalue weighted by atomic mass is 10.00. The monoisotopic (exact) mass is 439 g/mol. The lowest BCUT2D eigenvalue weighted by molar-refractivity contribution is 0.103. The molecular formula is C21H18ClN5O4. The number of ketones is 1. The molecule has 0 saturated carbocycles. The first-order chi connectivity index (χ1) is 15.0. The smallest absolute Gasteiger partial charge is 0.393 e. The lowest BCUT2D eigenvalue weighted by Gasteiger charge is -2.03. The zero-order valence-corrected chi connectivity index (χ0v) is 17.2. The first-order valence-electron chi connectivity index (χ1n) is 9.40. The van der Waals surface area contributed by atoms with Crippen LogP contribution in [0.15, 0.2) is 53.6 Å². The largest absolute Gasteiger partial charge is 0.413 e. The molecule has 10 heteroatoms. The fourth-order valence-electron chi connectivity index (χ4n) is 3.01. The number of rotatable bonds is 7. The van der Waals surface area contributed by atoms with Crippen molar-refractivity contribution < 1.29 is 18.8 Å². The molecule has 0 saturated heterocycles. The Morgan fingerprint density at radius 1 is 1.23 bits per heavy atom. The van der Waals surface area contributed by atoms with Crippen molar-refractivity contribution in [3.8, 4) is 17.1 Å². The average molecular weight is 440 g/mol. The number of benzene rings is 1. The van der Waals surface area contributed by atoms with E-state index in [-0.39, 0.29) is 11.7 Å². The molecule has 31 heavy (non-hydrogen) atoms. The van der Waals surface area contributed by atoms with Crippen LogP contribution >= 0.6 is 11.6 Å². The average Bonchev–Trinajstić information content (AvgIpc) is 3.50. The number of nitrogens with one attached hydrogen (secondary N) is 3. The molecule has 4 aromatic rings. The number of ether oxygens (including phenoxy) is 1. The van der Waals surface area contributed by atoms with Gasteiger partial charge in [0.05, 0.1) is 17.6 Å². The number of halogens is 1. The van der Waals surface area contributed by atoms with Crippen molar-refractivity contribution in [1.29, 1.82) is 0 Å². The maximum absolute atomic E-state index is 13.1. The van der Waals surface area contributed by atoms with E-state index in [1.807, 2.05) is 0 Å². The standard InChI is InChI=1S/C21H18ClN5O4/c1-12-18(19(27-31-12)13-2-4-15(22)5-3-13)20(28)14-8-17(25-9-14)30-21(29)24-7-6-16-10-23-11-26-16/h2-5,8-11,25H,6-7H2,1H3,(H,23,26)(H,24,29). The Hall–Kier alpha value is -3.85. The highest BCUT2D eigenvalue weighted by Crippen LogP contribution is 2.29. The third-order valence-electron chi connectivity index (χ3n) is 4.53. The molecule has 1 amide bonds. The summed E-state index contributed by atoms with van der Waals surface area (Å²) >= 11 is 5.94. The Labute approximate surface area is 181 Å². The molecule has 0 radical (unpaired) electrons. The number of carbonyl (C=O) groups excluding carboxylic acids is 2. The van der Waals surface area contributed by atoms with Gasteiger partial charge in [-0.25, -0.2) is 9.78 Å². The Bertz CT molecular complexity index is 1200. The highest BCUT2D eigenvalue weighted by Gasteiger charge is 2.24. The minimum atomic E-state index is -0.639. The van der Waals surface area contributed by atoms with Crippen LogP contribution in [0.5, 0.6) is 5.88 Å². The Balaban J connectivity index is 1.43. The normalized spacial score (nSPS) is 10.8. The number of aromatic nitrogens is 4. The molecule has 1 aromatic carbocycles. The van der Waals surface area contributed by atoms with E-state index in [9.17, 15) is 9.59 Å². The van der Waals surface area contributed by atoms with E-state index in [4.69, 9.17) is 20.9 Å². The third-order valence-corrected chi connectivity index (χ3v) is 4.79. The van der Waals surface area contributed by atoms with E-state index in [1.54, 1.807) is 43.7 Å². The molecule has 0 fully saturated rings. The minimum absolute atomic E-state index is 0.141. The number of aryl methyl sites for hydroxylation is 1. The SMILES string of the molecule is Cc1onc(-c2ccc(Cl)cc2)c1C(=O)c1c[nH]c(OC(=O)NCCc2c[nH]cn2)c1. The van der Waals surface area contributed by atoms with E-state index in [2.05, 4.69) is 25.4 Å². The van der Waals surface area contributed by atoms with E-state index in [1.165, 1.54) is 12.3 Å². The predicted molar refractivity (Wildman–Crippen MR) is 112 cm³/mol. The zero-order valence-electron chi connectivity index (χ0n) is 16.4. The van der Waals surface area contributed by atoms with Crippen LogP contribution in [-0.2, 0) is 6.42 Å². The van der Waals surface area contributed by atoms with Crippen LogP contribution < -0.4 is 10.1 Å². The minimum Gasteiger partial charge on any atom is -0.393 e. The molecule has 9 nitrogen and oxygen atoms in total. The van der Waals surface area contributed by atoms with Crippen molar-refractivity contribution in [2.75, 3.05) is 6.54 Å². The molecule has 158 valence electrons. The van der Waals surface area contributed by atoms with Gasteiger partial charge in [0, 0.05) is 47.6 Å². The fraction of sp³-hybridized carbons (Fsp3) is 0.143. The summed E-state index contributed by atoms with van der Waals surface area (Å²) in [4.78, 5) is 34.7. The summed E-state index contributed by atoms with van der Waals surface area (Å²) < 4.78 is 10.5. The molecule has 3 aromatic heterocycles. The quantitative estimate of drug-likeness (QED) is 0.375. The van der Waals surface area contributed by atoms with Gasteiger partial charge in [-0.1, -0.05) is 28.9 Å². The highest BCUT2D eigenvalue weighted by atomic mass is 35.5. The molecule has 3 heterocycles. The number of carbonyl (C=O) groups is 2. The second-order valence-electron chi connectivity index (χ2n) is 6.68. The molecule has 0 atom stereocenters. The van der Waals surface area contributed by atoms with Gasteiger partial charge in [-0.3, -0.25) is 4.79 Å². The van der Waals surface area contributed by atoms with Crippen LogP contribution in [0, 0.1) is 6.92 Å². The summed E-state index contributed by atoms with van der Waals surface area (Å²) in [6.45, 7) is 2.02. The second kappa shape index (κ2) is 8.88. The van der Waals surface area contributed by atoms with Crippen LogP contribution in [0.4, 0.5) is 4.79 Å². The van der Waals surface area contributed by atoms with Crippen LogP contribution in [0.25, 0.3) is 11.3 Å². The summed E-state index contributed by atoms with van der Waals surface area (Å²) in [5, 5.41) is 7.22. The van der Waals surface area contributed by atoms with Crippen LogP contribution in [-0.4, -0.2) is 38.5 Å². The Kier molecular flexibility index (Phi) is 5.85. The van der Waals surface area contributed by atoms with Crippen molar-refractivity contribution in [2.24, 2.45) is 0 Å². The third kappa shape index (κ3) is 4.67. The van der Waals surface area contributed by atoms with Gasteiger partial charge in [-0.2, -0.15) is 0 Å². The summed E-state index contributed by atoms with van der Waals surface area (Å²) in [5.74, 6) is 0.214. The topological polar surface area (TPSA) is 126 Å². The van der Waals surface area contributed by atoms with Gasteiger partial charge in [-0.15, -0.1) is 0 Å². The van der Waals surface area contributed by atoms with Crippen molar-refractivity contribution in [3.05, 3.63) is 76.7 Å². The molecule has 0 bridgehead atoms. The second-order valence-corrected chi connectivity index (χ2v) is 7.11. The van der Waals surface area contributed by atoms with Gasteiger partial charge >= 0.3 is 6.09 Å². The van der Waals surface area contributed by atoms with Crippen LogP contribution in [0.1, 0.15) is 27.4 Å². The van der Waals surface area contributed by atoms with Crippen molar-refractivity contribution in [1.82, 2.24) is 25.4 Å². The molecule has 0 aliphatic rings. The summed E-state index contributed by atoms with van der Waals surface area (Å²) in [5.41, 5.74) is 2.58. The number of amides is 1. The fourth-order valence-corrected chi connectivity index (χ4v) is 3.13. The first-order valence-corrected chi connectivity index (χ1v) is 9.77. The maximum Gasteiger partial charge on any atom is 0.413 e. The number of H-pyrrole nitrogens is 2. The molecule has 4 rings (SSSR count). The van der Waals surface area contributed by atoms with Gasteiger partial charge in [0.1, 0.15) is 11.5 Å². The van der Waals surface area contributed by atoms with Gasteiger partial charge in [-0.05, 0) is 19.1 Å². The van der Waals surface area contributed by atoms with Crippen LogP contribution in [0.3, 0.4) is 0 Å². The predicted octanol–water partition coefficient (Wildman–Crippen LogP) is 3.92. The summed E-state index contributed by atoms with van der Waals surface area (Å²) in [6.07, 6.45) is 4.71. The summed E-state index contributed by atoms with van der Waals surface area (Å²) in [7, 11) is 0. The first kappa shape index (κ1) is 20.4. The molecular weight excluding hydrogens is 422 g/mol. The van der Waals surface area contributed by atoms with Crippen LogP contribution in [0.2, 0.25) is 5.02 Å². The number of imidazole rings is 1. The molecule has 0 aliphatic carbocycles. The molecule has 3 N–H and O–H groups in total. The summed E-state index contributed by atoms with van der Waals surface area (Å²) in [6, 6.07) is 8.39. The van der Waals surface area contributed by atoms with E-state index >= 15 is 0 Å². The lowest BCUT2D eigenvalue weighted by Crippen LogP contribution is -2.28. The Morgan fingerprint density at radius 3 is 2.77 bits per heavy atom. The van der Waals surface area contributed by atoms with Gasteiger partial charge < -0.3 is 24.5 Å². The Morgan fingerprint density at radius 2 is 2.03 bits per heavy atom. The van der Waals surface area contributed by atoms with Gasteiger partial charge in [0.25, 0.3) is 0 Å². The van der Waals surface area contributed by atoms with E-state index in [0.29, 0.717) is 46.1 Å². The van der Waals surface area contributed by atoms with Crippen molar-refractivity contribution >= 4 is 23.5 Å². The zero-order chi connectivity index (χ0) is 21.8. The van der Waals surface area contributed by atoms with Gasteiger partial charge in [0.15, 0.2) is 0 Å². The number of hydrogen-bond acceptors (Lipinski definition) is 6. The van der Waals surface area contributed by atoms with Gasteiger partial charge in [0.2, 0.25) is 11.7 Å². The highest BCUT2D eigenvalue weighted by molar-refractivity contribution is 6.30. The van der Waals surface area contributed by atoms with Crippen molar-refractivity contribution in [3.63, 3.8) is 0 Å². The van der Waals surface area contributed by atoms with E-state index in [0.717, 1.165) is 5.69 Å². The number of hydrogen-bond donors (Lipinski definition) is 3.